The monoisotopic (exact) mass is 384 g/mol. The molecule has 3 rings (SSSR count). The maximum Gasteiger partial charge on any atom is 0.276 e. The number of halogens is 2. The van der Waals surface area contributed by atoms with Gasteiger partial charge < -0.3 is 4.90 Å². The van der Waals surface area contributed by atoms with E-state index in [1.807, 2.05) is 6.92 Å². The lowest BCUT2D eigenvalue weighted by atomic mass is 10.1. The SMILES string of the molecule is Cc1ccc(C(=O)N(C)c2cccc(C)c2F)nc1-c1cc(F)ccc1P. The molecule has 27 heavy (non-hydrogen) atoms. The molecule has 0 saturated carbocycles. The maximum atomic E-state index is 14.4. The Morgan fingerprint density at radius 2 is 1.78 bits per heavy atom. The number of carbonyl (C=O) groups is 1. The molecule has 0 bridgehead atoms. The quantitative estimate of drug-likeness (QED) is 0.627. The van der Waals surface area contributed by atoms with E-state index in [0.29, 0.717) is 16.8 Å². The van der Waals surface area contributed by atoms with Crippen molar-refractivity contribution in [1.29, 1.82) is 0 Å². The van der Waals surface area contributed by atoms with Crippen LogP contribution in [0.5, 0.6) is 0 Å². The molecule has 1 aromatic heterocycles. The molecule has 1 atom stereocenters. The number of pyridine rings is 1. The van der Waals surface area contributed by atoms with Crippen LogP contribution in [0.3, 0.4) is 0 Å². The third-order valence-electron chi connectivity index (χ3n) is 4.42. The van der Waals surface area contributed by atoms with Crippen molar-refractivity contribution in [2.24, 2.45) is 0 Å². The van der Waals surface area contributed by atoms with Gasteiger partial charge >= 0.3 is 0 Å². The van der Waals surface area contributed by atoms with Crippen molar-refractivity contribution in [3.63, 3.8) is 0 Å². The number of benzene rings is 2. The zero-order valence-corrected chi connectivity index (χ0v) is 16.4. The van der Waals surface area contributed by atoms with Crippen molar-refractivity contribution in [1.82, 2.24) is 4.98 Å². The topological polar surface area (TPSA) is 33.2 Å². The number of hydrogen-bond donors (Lipinski definition) is 0. The Kier molecular flexibility index (Phi) is 5.33. The summed E-state index contributed by atoms with van der Waals surface area (Å²) >= 11 is 0. The fourth-order valence-electron chi connectivity index (χ4n) is 2.83. The van der Waals surface area contributed by atoms with E-state index in [2.05, 4.69) is 14.2 Å². The Hall–Kier alpha value is -2.65. The summed E-state index contributed by atoms with van der Waals surface area (Å²) in [6, 6.07) is 12.6. The Bertz CT molecular complexity index is 1040. The standard InChI is InChI=1S/C21H19F2N2OP/c1-12-5-4-6-17(19(12)23)25(3)21(26)16-9-7-13(2)20(24-16)15-11-14(22)8-10-18(15)27/h4-11H,27H2,1-3H3. The second-order valence-corrected chi connectivity index (χ2v) is 6.99. The van der Waals surface area contributed by atoms with Crippen molar-refractivity contribution >= 4 is 26.1 Å². The fourth-order valence-corrected chi connectivity index (χ4v) is 3.14. The van der Waals surface area contributed by atoms with Crippen LogP contribution < -0.4 is 10.2 Å². The van der Waals surface area contributed by atoms with E-state index in [9.17, 15) is 13.6 Å². The minimum Gasteiger partial charge on any atom is -0.307 e. The molecule has 3 nitrogen and oxygen atoms in total. The second-order valence-electron chi connectivity index (χ2n) is 6.37. The lowest BCUT2D eigenvalue weighted by molar-refractivity contribution is 0.0987. The van der Waals surface area contributed by atoms with E-state index >= 15 is 0 Å². The van der Waals surface area contributed by atoms with Gasteiger partial charge in [-0.25, -0.2) is 13.8 Å². The molecule has 1 unspecified atom stereocenters. The first kappa shape index (κ1) is 19.1. The normalized spacial score (nSPS) is 10.7. The average molecular weight is 384 g/mol. The Labute approximate surface area is 159 Å². The Balaban J connectivity index is 2.04. The van der Waals surface area contributed by atoms with Crippen LogP contribution in [0.1, 0.15) is 21.6 Å². The Morgan fingerprint density at radius 3 is 2.52 bits per heavy atom. The van der Waals surface area contributed by atoms with Gasteiger partial charge in [0, 0.05) is 12.6 Å². The molecule has 0 spiro atoms. The number of hydrogen-bond acceptors (Lipinski definition) is 2. The van der Waals surface area contributed by atoms with Crippen molar-refractivity contribution < 1.29 is 13.6 Å². The third-order valence-corrected chi connectivity index (χ3v) is 4.93. The highest BCUT2D eigenvalue weighted by molar-refractivity contribution is 7.28. The highest BCUT2D eigenvalue weighted by atomic mass is 31.0. The first-order chi connectivity index (χ1) is 12.8. The van der Waals surface area contributed by atoms with Gasteiger partial charge in [0.2, 0.25) is 0 Å². The van der Waals surface area contributed by atoms with Crippen LogP contribution in [0.4, 0.5) is 14.5 Å². The van der Waals surface area contributed by atoms with Gasteiger partial charge in [0.15, 0.2) is 0 Å². The first-order valence-electron chi connectivity index (χ1n) is 8.36. The summed E-state index contributed by atoms with van der Waals surface area (Å²) in [5, 5.41) is 0.773. The van der Waals surface area contributed by atoms with E-state index in [4.69, 9.17) is 0 Å². The van der Waals surface area contributed by atoms with Gasteiger partial charge in [-0.05, 0) is 54.5 Å². The van der Waals surface area contributed by atoms with Crippen molar-refractivity contribution in [3.05, 3.63) is 77.0 Å². The molecule has 1 amide bonds. The summed E-state index contributed by atoms with van der Waals surface area (Å²) in [6.45, 7) is 3.49. The van der Waals surface area contributed by atoms with E-state index in [0.717, 1.165) is 10.9 Å². The summed E-state index contributed by atoms with van der Waals surface area (Å²) in [7, 11) is 4.05. The van der Waals surface area contributed by atoms with Crippen molar-refractivity contribution in [2.75, 3.05) is 11.9 Å². The fraction of sp³-hybridized carbons (Fsp3) is 0.143. The largest absolute Gasteiger partial charge is 0.307 e. The molecule has 6 heteroatoms. The minimum atomic E-state index is -0.446. The molecule has 138 valence electrons. The van der Waals surface area contributed by atoms with Gasteiger partial charge in [0.1, 0.15) is 17.3 Å². The van der Waals surface area contributed by atoms with E-state index in [1.165, 1.54) is 24.1 Å². The first-order valence-corrected chi connectivity index (χ1v) is 8.93. The number of aryl methyl sites for hydroxylation is 2. The predicted octanol–water partition coefficient (Wildman–Crippen LogP) is 4.42. The summed E-state index contributed by atoms with van der Waals surface area (Å²) in [4.78, 5) is 18.6. The molecular formula is C21H19F2N2OP. The summed E-state index contributed by atoms with van der Waals surface area (Å²) < 4.78 is 28.1. The molecule has 0 N–H and O–H groups in total. The van der Waals surface area contributed by atoms with Gasteiger partial charge in [0.05, 0.1) is 11.4 Å². The van der Waals surface area contributed by atoms with Crippen LogP contribution in [-0.2, 0) is 0 Å². The van der Waals surface area contributed by atoms with Crippen LogP contribution in [0.2, 0.25) is 0 Å². The van der Waals surface area contributed by atoms with E-state index in [-0.39, 0.29) is 17.2 Å². The molecule has 0 fully saturated rings. The number of nitrogens with zero attached hydrogens (tertiary/aromatic N) is 2. The number of aromatic nitrogens is 1. The maximum absolute atomic E-state index is 14.4. The van der Waals surface area contributed by atoms with Crippen LogP contribution >= 0.6 is 9.24 Å². The van der Waals surface area contributed by atoms with Gasteiger partial charge in [-0.1, -0.05) is 24.3 Å². The highest BCUT2D eigenvalue weighted by Crippen LogP contribution is 2.25. The molecule has 0 aliphatic carbocycles. The third kappa shape index (κ3) is 3.74. The van der Waals surface area contributed by atoms with Crippen LogP contribution in [0.15, 0.2) is 48.5 Å². The van der Waals surface area contributed by atoms with E-state index < -0.39 is 11.7 Å². The minimum absolute atomic E-state index is 0.160. The smallest absolute Gasteiger partial charge is 0.276 e. The lowest BCUT2D eigenvalue weighted by Gasteiger charge is -2.19. The van der Waals surface area contributed by atoms with Gasteiger partial charge in [-0.15, -0.1) is 9.24 Å². The molecule has 3 aromatic rings. The number of anilines is 1. The molecule has 0 aliphatic rings. The zero-order chi connectivity index (χ0) is 19.7. The van der Waals surface area contributed by atoms with E-state index in [1.54, 1.807) is 43.3 Å². The number of amides is 1. The highest BCUT2D eigenvalue weighted by Gasteiger charge is 2.20. The molecule has 0 radical (unpaired) electrons. The molecule has 1 heterocycles. The van der Waals surface area contributed by atoms with Crippen molar-refractivity contribution in [3.8, 4) is 11.3 Å². The summed E-state index contributed by atoms with van der Waals surface area (Å²) in [5.74, 6) is -1.27. The van der Waals surface area contributed by atoms with Gasteiger partial charge in [-0.3, -0.25) is 4.79 Å². The van der Waals surface area contributed by atoms with Crippen LogP contribution in [0.25, 0.3) is 11.3 Å². The molecular weight excluding hydrogens is 365 g/mol. The van der Waals surface area contributed by atoms with Crippen LogP contribution in [-0.4, -0.2) is 17.9 Å². The average Bonchev–Trinajstić information content (AvgIpc) is 2.65. The Morgan fingerprint density at radius 1 is 1.04 bits per heavy atom. The zero-order valence-electron chi connectivity index (χ0n) is 15.3. The molecule has 0 saturated heterocycles. The van der Waals surface area contributed by atoms with Gasteiger partial charge in [0.25, 0.3) is 5.91 Å². The summed E-state index contributed by atoms with van der Waals surface area (Å²) in [6.07, 6.45) is 0. The molecule has 0 aliphatic heterocycles. The summed E-state index contributed by atoms with van der Waals surface area (Å²) in [5.41, 5.74) is 2.72. The predicted molar refractivity (Wildman–Crippen MR) is 108 cm³/mol. The second kappa shape index (κ2) is 7.53. The molecule has 2 aromatic carbocycles. The number of rotatable bonds is 3. The lowest BCUT2D eigenvalue weighted by Crippen LogP contribution is -2.28. The van der Waals surface area contributed by atoms with Crippen molar-refractivity contribution in [2.45, 2.75) is 13.8 Å². The van der Waals surface area contributed by atoms with Gasteiger partial charge in [-0.2, -0.15) is 0 Å². The number of carbonyl (C=O) groups excluding carboxylic acids is 1. The van der Waals surface area contributed by atoms with Crippen LogP contribution in [0, 0.1) is 25.5 Å².